The fourth-order valence-electron chi connectivity index (χ4n) is 9.18. The third kappa shape index (κ3) is 3.94. The number of carboxylic acid groups (broad SMARTS) is 1. The van der Waals surface area contributed by atoms with Crippen LogP contribution in [0.5, 0.6) is 0 Å². The molecule has 0 saturated heterocycles. The van der Waals surface area contributed by atoms with E-state index >= 15 is 0 Å². The zero-order chi connectivity index (χ0) is 22.6. The summed E-state index contributed by atoms with van der Waals surface area (Å²) in [6.45, 7) is 8.87. The van der Waals surface area contributed by atoms with E-state index in [9.17, 15) is 19.8 Å². The predicted molar refractivity (Wildman–Crippen MR) is 120 cm³/mol. The van der Waals surface area contributed by atoms with E-state index in [-0.39, 0.29) is 35.3 Å². The minimum Gasteiger partial charge on any atom is -0.481 e. The molecule has 4 saturated carbocycles. The van der Waals surface area contributed by atoms with Crippen LogP contribution in [0.3, 0.4) is 0 Å². The molecule has 4 rings (SSSR count). The minimum absolute atomic E-state index is 0.0698. The highest BCUT2D eigenvalue weighted by Gasteiger charge is 2.63. The zero-order valence-corrected chi connectivity index (χ0v) is 19.9. The molecule has 4 aliphatic carbocycles. The molecule has 31 heavy (non-hydrogen) atoms. The Kier molecular flexibility index (Phi) is 6.22. The highest BCUT2D eigenvalue weighted by molar-refractivity contribution is 5.73. The molecular weight excluding hydrogens is 390 g/mol. The van der Waals surface area contributed by atoms with Gasteiger partial charge < -0.3 is 15.5 Å². The Morgan fingerprint density at radius 1 is 1.03 bits per heavy atom. The maximum absolute atomic E-state index is 12.2. The van der Waals surface area contributed by atoms with E-state index < -0.39 is 5.97 Å². The number of carbonyl (C=O) groups is 2. The van der Waals surface area contributed by atoms with Crippen molar-refractivity contribution in [2.75, 3.05) is 0 Å². The van der Waals surface area contributed by atoms with Crippen LogP contribution in [0.15, 0.2) is 0 Å². The number of aliphatic hydroxyl groups is 1. The Hall–Kier alpha value is -1.10. The van der Waals surface area contributed by atoms with Gasteiger partial charge >= 0.3 is 5.97 Å². The summed E-state index contributed by atoms with van der Waals surface area (Å²) in [7, 11) is 0. The molecule has 4 fully saturated rings. The molecule has 10 atom stereocenters. The van der Waals surface area contributed by atoms with Crippen molar-refractivity contribution in [3.8, 4) is 0 Å². The summed E-state index contributed by atoms with van der Waals surface area (Å²) in [5.74, 6) is 2.60. The van der Waals surface area contributed by atoms with Crippen LogP contribution in [0.25, 0.3) is 0 Å². The molecule has 0 heterocycles. The smallest absolute Gasteiger partial charge is 0.303 e. The molecule has 0 bridgehead atoms. The fourth-order valence-corrected chi connectivity index (χ4v) is 9.18. The van der Waals surface area contributed by atoms with E-state index in [2.05, 4.69) is 26.1 Å². The summed E-state index contributed by atoms with van der Waals surface area (Å²) in [5.41, 5.74) is 0.514. The molecule has 0 aromatic rings. The first kappa shape index (κ1) is 23.1. The van der Waals surface area contributed by atoms with Crippen molar-refractivity contribution in [2.45, 2.75) is 104 Å². The van der Waals surface area contributed by atoms with Crippen molar-refractivity contribution < 1.29 is 19.8 Å². The summed E-state index contributed by atoms with van der Waals surface area (Å²) in [6.07, 6.45) is 9.57. The van der Waals surface area contributed by atoms with Gasteiger partial charge in [-0.3, -0.25) is 9.59 Å². The molecule has 0 radical (unpaired) electrons. The molecule has 5 heteroatoms. The van der Waals surface area contributed by atoms with E-state index in [1.807, 2.05) is 0 Å². The second-order valence-corrected chi connectivity index (χ2v) is 12.1. The van der Waals surface area contributed by atoms with Crippen LogP contribution >= 0.6 is 0 Å². The molecule has 0 aromatic heterocycles. The quantitative estimate of drug-likeness (QED) is 0.590. The van der Waals surface area contributed by atoms with Gasteiger partial charge in [0.2, 0.25) is 5.91 Å². The molecule has 176 valence electrons. The van der Waals surface area contributed by atoms with Gasteiger partial charge in [0.1, 0.15) is 0 Å². The number of aliphatic hydroxyl groups excluding tert-OH is 1. The summed E-state index contributed by atoms with van der Waals surface area (Å²) >= 11 is 0. The Bertz CT molecular complexity index is 710. The Morgan fingerprint density at radius 2 is 1.71 bits per heavy atom. The second kappa shape index (κ2) is 8.35. The summed E-state index contributed by atoms with van der Waals surface area (Å²) in [4.78, 5) is 23.3. The minimum atomic E-state index is -0.688. The lowest BCUT2D eigenvalue weighted by Crippen LogP contribution is -2.62. The van der Waals surface area contributed by atoms with Crippen molar-refractivity contribution in [1.29, 1.82) is 0 Å². The first-order valence-corrected chi connectivity index (χ1v) is 12.7. The number of nitrogens with one attached hydrogen (secondary N) is 1. The maximum Gasteiger partial charge on any atom is 0.303 e. The highest BCUT2D eigenvalue weighted by atomic mass is 16.4. The number of carboxylic acids is 1. The van der Waals surface area contributed by atoms with E-state index in [1.54, 1.807) is 6.92 Å². The third-order valence-electron chi connectivity index (χ3n) is 10.7. The van der Waals surface area contributed by atoms with E-state index in [0.29, 0.717) is 35.5 Å². The van der Waals surface area contributed by atoms with Crippen LogP contribution in [-0.2, 0) is 9.59 Å². The van der Waals surface area contributed by atoms with Gasteiger partial charge in [0.05, 0.1) is 6.10 Å². The van der Waals surface area contributed by atoms with Crippen LogP contribution in [0, 0.1) is 46.3 Å². The summed E-state index contributed by atoms with van der Waals surface area (Å²) < 4.78 is 0. The molecule has 0 spiro atoms. The van der Waals surface area contributed by atoms with Crippen LogP contribution in [0.4, 0.5) is 0 Å². The second-order valence-electron chi connectivity index (χ2n) is 12.1. The lowest BCUT2D eigenvalue weighted by Gasteiger charge is -2.63. The zero-order valence-electron chi connectivity index (χ0n) is 19.9. The van der Waals surface area contributed by atoms with Gasteiger partial charge in [0, 0.05) is 19.4 Å². The largest absolute Gasteiger partial charge is 0.481 e. The van der Waals surface area contributed by atoms with Crippen LogP contribution < -0.4 is 5.32 Å². The van der Waals surface area contributed by atoms with E-state index in [4.69, 9.17) is 0 Å². The van der Waals surface area contributed by atoms with Crippen molar-refractivity contribution in [2.24, 2.45) is 46.3 Å². The van der Waals surface area contributed by atoms with Crippen LogP contribution in [0.2, 0.25) is 0 Å². The summed E-state index contributed by atoms with van der Waals surface area (Å²) in [6, 6.07) is 0.212. The van der Waals surface area contributed by atoms with Gasteiger partial charge in [0.25, 0.3) is 0 Å². The van der Waals surface area contributed by atoms with Crippen molar-refractivity contribution in [1.82, 2.24) is 5.32 Å². The number of fused-ring (bicyclic) bond motifs is 5. The topological polar surface area (TPSA) is 86.6 Å². The Labute approximate surface area is 187 Å². The molecular formula is C26H43NO4. The molecule has 5 nitrogen and oxygen atoms in total. The molecule has 0 aliphatic heterocycles. The molecule has 4 aliphatic rings. The average molecular weight is 434 g/mol. The first-order valence-electron chi connectivity index (χ1n) is 12.7. The summed E-state index contributed by atoms with van der Waals surface area (Å²) in [5, 5.41) is 22.9. The number of aliphatic carboxylic acids is 1. The fraction of sp³-hybridized carbons (Fsp3) is 0.923. The Balaban J connectivity index is 1.62. The number of carbonyl (C=O) groups excluding carboxylic acids is 1. The number of rotatable bonds is 5. The first-order chi connectivity index (χ1) is 14.6. The lowest BCUT2D eigenvalue weighted by molar-refractivity contribution is -0.147. The van der Waals surface area contributed by atoms with E-state index in [0.717, 1.165) is 32.1 Å². The van der Waals surface area contributed by atoms with Gasteiger partial charge in [-0.25, -0.2) is 0 Å². The number of amides is 1. The molecule has 1 amide bonds. The van der Waals surface area contributed by atoms with Gasteiger partial charge in [-0.05, 0) is 104 Å². The SMILES string of the molecule is CC(=O)N[C@H]1C[C@@H]2C[C@H](O)CC[C@]2(C)[C@H]2CC[C@]3(C)[C@@H](C(C)CCC(=O)O)CC[C@H]3[C@H]12. The maximum atomic E-state index is 12.2. The van der Waals surface area contributed by atoms with Crippen LogP contribution in [0.1, 0.15) is 91.9 Å². The van der Waals surface area contributed by atoms with Gasteiger partial charge in [0.15, 0.2) is 0 Å². The number of hydrogen-bond donors (Lipinski definition) is 3. The number of hydrogen-bond acceptors (Lipinski definition) is 3. The van der Waals surface area contributed by atoms with Gasteiger partial charge in [-0.15, -0.1) is 0 Å². The Morgan fingerprint density at radius 3 is 2.39 bits per heavy atom. The van der Waals surface area contributed by atoms with Crippen LogP contribution in [-0.4, -0.2) is 34.2 Å². The highest BCUT2D eigenvalue weighted by Crippen LogP contribution is 2.68. The van der Waals surface area contributed by atoms with Crippen molar-refractivity contribution in [3.63, 3.8) is 0 Å². The van der Waals surface area contributed by atoms with Gasteiger partial charge in [-0.1, -0.05) is 20.8 Å². The standard InChI is InChI=1S/C26H43NO4/c1-15(5-8-23(30)31)19-6-7-20-24-21(10-12-26(19,20)4)25(3)11-9-18(29)13-17(25)14-22(24)27-16(2)28/h15,17-22,24,29H,5-14H2,1-4H3,(H,27,28)(H,30,31)/t15?,17-,18+,19+,20-,21-,22-,24-,25-,26+/m0/s1. The molecule has 3 N–H and O–H groups in total. The average Bonchev–Trinajstić information content (AvgIpc) is 3.04. The van der Waals surface area contributed by atoms with E-state index in [1.165, 1.54) is 25.7 Å². The molecule has 0 aromatic carbocycles. The van der Waals surface area contributed by atoms with Gasteiger partial charge in [-0.2, -0.15) is 0 Å². The predicted octanol–water partition coefficient (Wildman–Crippen LogP) is 4.62. The normalized spacial score (nSPS) is 47.6. The monoisotopic (exact) mass is 433 g/mol. The van der Waals surface area contributed by atoms with Crippen molar-refractivity contribution >= 4 is 11.9 Å². The molecule has 1 unspecified atom stereocenters. The third-order valence-corrected chi connectivity index (χ3v) is 10.7. The lowest BCUT2D eigenvalue weighted by atomic mass is 9.43. The van der Waals surface area contributed by atoms with Crippen molar-refractivity contribution in [3.05, 3.63) is 0 Å².